The van der Waals surface area contributed by atoms with Crippen molar-refractivity contribution in [2.45, 2.75) is 50.1 Å². The van der Waals surface area contributed by atoms with Gasteiger partial charge in [0.05, 0.1) is 10.9 Å². The summed E-state index contributed by atoms with van der Waals surface area (Å²) in [4.78, 5) is 17.3. The van der Waals surface area contributed by atoms with Gasteiger partial charge in [-0.2, -0.15) is 0 Å². The molecular formula is C27H29N5OS. The average Bonchev–Trinajstić information content (AvgIpc) is 3.30. The number of para-hydroxylation sites is 1. The van der Waals surface area contributed by atoms with E-state index in [0.29, 0.717) is 29.9 Å². The number of hydrogen-bond acceptors (Lipinski definition) is 5. The Bertz CT molecular complexity index is 1220. The van der Waals surface area contributed by atoms with Crippen LogP contribution in [0.1, 0.15) is 44.2 Å². The second kappa shape index (κ2) is 11.1. The number of nitrogens with zero attached hydrogens (tertiary/aromatic N) is 4. The molecule has 0 saturated heterocycles. The van der Waals surface area contributed by atoms with Gasteiger partial charge in [0, 0.05) is 24.5 Å². The molecule has 34 heavy (non-hydrogen) atoms. The van der Waals surface area contributed by atoms with Crippen LogP contribution in [0.15, 0.2) is 84.3 Å². The molecule has 0 radical (unpaired) electrons. The van der Waals surface area contributed by atoms with Crippen LogP contribution in [0.5, 0.6) is 0 Å². The zero-order valence-corrected chi connectivity index (χ0v) is 20.5. The monoisotopic (exact) mass is 471 g/mol. The van der Waals surface area contributed by atoms with Crippen LogP contribution < -0.4 is 5.32 Å². The molecule has 6 nitrogen and oxygen atoms in total. The number of thioether (sulfide) groups is 1. The fourth-order valence-electron chi connectivity index (χ4n) is 3.77. The van der Waals surface area contributed by atoms with Gasteiger partial charge in [0.1, 0.15) is 0 Å². The maximum Gasteiger partial charge on any atom is 0.233 e. The molecule has 0 saturated carbocycles. The summed E-state index contributed by atoms with van der Waals surface area (Å²) in [6, 6.07) is 22.1. The smallest absolute Gasteiger partial charge is 0.233 e. The van der Waals surface area contributed by atoms with Crippen molar-refractivity contribution >= 4 is 17.7 Å². The van der Waals surface area contributed by atoms with Gasteiger partial charge in [0.25, 0.3) is 0 Å². The third kappa shape index (κ3) is 5.37. The number of carbonyl (C=O) groups excluding carboxylic acids is 1. The van der Waals surface area contributed by atoms with Crippen LogP contribution in [0.3, 0.4) is 0 Å². The molecule has 4 rings (SSSR count). The number of hydrogen-bond donors (Lipinski definition) is 1. The van der Waals surface area contributed by atoms with Gasteiger partial charge in [0.15, 0.2) is 11.0 Å². The predicted octanol–water partition coefficient (Wildman–Crippen LogP) is 5.64. The molecule has 2 aromatic heterocycles. The first-order valence-corrected chi connectivity index (χ1v) is 12.4. The van der Waals surface area contributed by atoms with Crippen molar-refractivity contribution in [2.24, 2.45) is 0 Å². The summed E-state index contributed by atoms with van der Waals surface area (Å²) in [6.07, 6.45) is 4.20. The molecule has 2 aromatic carbocycles. The number of amides is 1. The van der Waals surface area contributed by atoms with E-state index >= 15 is 0 Å². The summed E-state index contributed by atoms with van der Waals surface area (Å²) in [7, 11) is 0. The minimum absolute atomic E-state index is 0.00836. The molecule has 0 aliphatic carbocycles. The SMILES string of the molecule is CCC(Sc1nnc(-c2cccnc2)n1-c1ccccc1C(C)C)C(=O)NCc1ccccc1. The van der Waals surface area contributed by atoms with Gasteiger partial charge >= 0.3 is 0 Å². The molecule has 1 unspecified atom stereocenters. The van der Waals surface area contributed by atoms with Gasteiger partial charge < -0.3 is 5.32 Å². The Morgan fingerprint density at radius 1 is 1.00 bits per heavy atom. The van der Waals surface area contributed by atoms with Crippen molar-refractivity contribution in [3.63, 3.8) is 0 Å². The third-order valence-corrected chi connectivity index (χ3v) is 6.88. The Morgan fingerprint density at radius 2 is 1.76 bits per heavy atom. The standard InChI is InChI=1S/C27H29N5OS/c1-4-24(26(33)29-17-20-11-6-5-7-12-20)34-27-31-30-25(21-13-10-16-28-18-21)32(27)23-15-9-8-14-22(23)19(2)3/h5-16,18-19,24H,4,17H2,1-3H3,(H,29,33). The van der Waals surface area contributed by atoms with E-state index in [1.54, 1.807) is 12.4 Å². The molecule has 4 aromatic rings. The van der Waals surface area contributed by atoms with Gasteiger partial charge in [0.2, 0.25) is 5.91 Å². The van der Waals surface area contributed by atoms with E-state index < -0.39 is 0 Å². The predicted molar refractivity (Wildman–Crippen MR) is 137 cm³/mol. The van der Waals surface area contributed by atoms with Crippen LogP contribution in [0, 0.1) is 0 Å². The van der Waals surface area contributed by atoms with Crippen molar-refractivity contribution < 1.29 is 4.79 Å². The number of nitrogens with one attached hydrogen (secondary N) is 1. The lowest BCUT2D eigenvalue weighted by Crippen LogP contribution is -2.32. The summed E-state index contributed by atoms with van der Waals surface area (Å²) in [5.74, 6) is 1.02. The summed E-state index contributed by atoms with van der Waals surface area (Å²) < 4.78 is 2.06. The average molecular weight is 472 g/mol. The number of pyridine rings is 1. The Labute approximate surface area is 204 Å². The van der Waals surface area contributed by atoms with Gasteiger partial charge in [-0.3, -0.25) is 14.3 Å². The van der Waals surface area contributed by atoms with Crippen LogP contribution >= 0.6 is 11.8 Å². The Balaban J connectivity index is 1.68. The fourth-order valence-corrected chi connectivity index (χ4v) is 4.76. The zero-order valence-electron chi connectivity index (χ0n) is 19.7. The molecule has 1 N–H and O–H groups in total. The first kappa shape index (κ1) is 23.7. The molecule has 0 aliphatic heterocycles. The second-order valence-corrected chi connectivity index (χ2v) is 9.48. The quantitative estimate of drug-likeness (QED) is 0.320. The highest BCUT2D eigenvalue weighted by Gasteiger charge is 2.25. The van der Waals surface area contributed by atoms with Crippen LogP contribution in [-0.4, -0.2) is 30.9 Å². The lowest BCUT2D eigenvalue weighted by Gasteiger charge is -2.19. The molecule has 0 spiro atoms. The highest BCUT2D eigenvalue weighted by Crippen LogP contribution is 2.34. The molecule has 2 heterocycles. The minimum Gasteiger partial charge on any atom is -0.351 e. The Hall–Kier alpha value is -3.45. The number of benzene rings is 2. The van der Waals surface area contributed by atoms with E-state index in [2.05, 4.69) is 51.0 Å². The topological polar surface area (TPSA) is 72.7 Å². The van der Waals surface area contributed by atoms with Crippen LogP contribution in [0.2, 0.25) is 0 Å². The third-order valence-electron chi connectivity index (χ3n) is 5.57. The summed E-state index contributed by atoms with van der Waals surface area (Å²) in [5, 5.41) is 12.5. The van der Waals surface area contributed by atoms with Crippen molar-refractivity contribution in [1.82, 2.24) is 25.1 Å². The molecule has 0 fully saturated rings. The van der Waals surface area contributed by atoms with E-state index in [1.165, 1.54) is 17.3 Å². The summed E-state index contributed by atoms with van der Waals surface area (Å²) in [5.41, 5.74) is 4.16. The summed E-state index contributed by atoms with van der Waals surface area (Å²) in [6.45, 7) is 6.86. The molecule has 1 amide bonds. The number of aromatic nitrogens is 4. The number of carbonyl (C=O) groups is 1. The van der Waals surface area contributed by atoms with E-state index in [0.717, 1.165) is 16.8 Å². The van der Waals surface area contributed by atoms with Crippen LogP contribution in [-0.2, 0) is 11.3 Å². The first-order chi connectivity index (χ1) is 16.6. The van der Waals surface area contributed by atoms with E-state index in [9.17, 15) is 4.79 Å². The molecule has 174 valence electrons. The first-order valence-electron chi connectivity index (χ1n) is 11.5. The lowest BCUT2D eigenvalue weighted by molar-refractivity contribution is -0.120. The van der Waals surface area contributed by atoms with E-state index in [-0.39, 0.29) is 11.2 Å². The van der Waals surface area contributed by atoms with E-state index in [1.807, 2.05) is 61.5 Å². The molecule has 1 atom stereocenters. The minimum atomic E-state index is -0.292. The van der Waals surface area contributed by atoms with Crippen LogP contribution in [0.4, 0.5) is 0 Å². The fraction of sp³-hybridized carbons (Fsp3) is 0.259. The lowest BCUT2D eigenvalue weighted by atomic mass is 10.0. The van der Waals surface area contributed by atoms with Crippen molar-refractivity contribution in [2.75, 3.05) is 0 Å². The molecule has 7 heteroatoms. The maximum atomic E-state index is 13.1. The largest absolute Gasteiger partial charge is 0.351 e. The van der Waals surface area contributed by atoms with Crippen LogP contribution in [0.25, 0.3) is 17.1 Å². The van der Waals surface area contributed by atoms with Crippen molar-refractivity contribution in [3.8, 4) is 17.1 Å². The molecular weight excluding hydrogens is 442 g/mol. The van der Waals surface area contributed by atoms with Gasteiger partial charge in [-0.05, 0) is 41.7 Å². The molecule has 0 bridgehead atoms. The van der Waals surface area contributed by atoms with Crippen molar-refractivity contribution in [1.29, 1.82) is 0 Å². The second-order valence-electron chi connectivity index (χ2n) is 8.31. The highest BCUT2D eigenvalue weighted by atomic mass is 32.2. The normalized spacial score (nSPS) is 12.0. The van der Waals surface area contributed by atoms with Gasteiger partial charge in [-0.1, -0.05) is 81.1 Å². The van der Waals surface area contributed by atoms with E-state index in [4.69, 9.17) is 0 Å². The Kier molecular flexibility index (Phi) is 7.75. The molecule has 0 aliphatic rings. The van der Waals surface area contributed by atoms with Crippen molar-refractivity contribution in [3.05, 3.63) is 90.3 Å². The Morgan fingerprint density at radius 3 is 2.47 bits per heavy atom. The van der Waals surface area contributed by atoms with Gasteiger partial charge in [-0.25, -0.2) is 0 Å². The number of rotatable bonds is 9. The van der Waals surface area contributed by atoms with Gasteiger partial charge in [-0.15, -0.1) is 10.2 Å². The maximum absolute atomic E-state index is 13.1. The zero-order chi connectivity index (χ0) is 23.9. The summed E-state index contributed by atoms with van der Waals surface area (Å²) >= 11 is 1.45. The highest BCUT2D eigenvalue weighted by molar-refractivity contribution is 8.00.